The van der Waals surface area contributed by atoms with Gasteiger partial charge in [-0.1, -0.05) is 12.1 Å². The molecule has 0 bridgehead atoms. The van der Waals surface area contributed by atoms with Gasteiger partial charge in [-0.05, 0) is 38.1 Å². The predicted molar refractivity (Wildman–Crippen MR) is 115 cm³/mol. The number of hydrogen-bond donors (Lipinski definition) is 2. The molecule has 0 saturated carbocycles. The molecule has 2 heterocycles. The van der Waals surface area contributed by atoms with Gasteiger partial charge in [-0.2, -0.15) is 0 Å². The molecule has 1 amide bonds. The Kier molecular flexibility index (Phi) is 7.28. The van der Waals surface area contributed by atoms with Crippen molar-refractivity contribution < 1.29 is 4.79 Å². The minimum atomic E-state index is 0.227. The Balaban J connectivity index is 1.43. The van der Waals surface area contributed by atoms with Crippen LogP contribution in [0.5, 0.6) is 0 Å². The van der Waals surface area contributed by atoms with E-state index in [1.54, 1.807) is 7.05 Å². The number of guanidine groups is 1. The lowest BCUT2D eigenvalue weighted by molar-refractivity contribution is -0.117. The van der Waals surface area contributed by atoms with Crippen molar-refractivity contribution in [2.45, 2.75) is 32.4 Å². The zero-order valence-electron chi connectivity index (χ0n) is 17.4. The molecule has 0 aromatic heterocycles. The molecule has 2 aliphatic heterocycles. The summed E-state index contributed by atoms with van der Waals surface area (Å²) >= 11 is 0. The van der Waals surface area contributed by atoms with Gasteiger partial charge in [-0.15, -0.1) is 0 Å². The first-order valence-corrected chi connectivity index (χ1v) is 10.3. The first kappa shape index (κ1) is 20.6. The van der Waals surface area contributed by atoms with Crippen molar-refractivity contribution in [1.29, 1.82) is 0 Å². The maximum absolute atomic E-state index is 11.9. The number of nitrogens with zero attached hydrogens (tertiary/aromatic N) is 4. The third kappa shape index (κ3) is 5.45. The van der Waals surface area contributed by atoms with Crippen molar-refractivity contribution in [3.63, 3.8) is 0 Å². The zero-order valence-corrected chi connectivity index (χ0v) is 17.4. The lowest BCUT2D eigenvalue weighted by Gasteiger charge is -2.36. The number of nitrogens with one attached hydrogen (secondary N) is 2. The summed E-state index contributed by atoms with van der Waals surface area (Å²) in [7, 11) is 3.99. The van der Waals surface area contributed by atoms with Crippen LogP contribution < -0.4 is 15.5 Å². The highest BCUT2D eigenvalue weighted by Crippen LogP contribution is 2.21. The summed E-state index contributed by atoms with van der Waals surface area (Å²) in [4.78, 5) is 23.0. The van der Waals surface area contributed by atoms with E-state index in [9.17, 15) is 4.79 Å². The smallest absolute Gasteiger partial charge is 0.227 e. The van der Waals surface area contributed by atoms with E-state index in [4.69, 9.17) is 0 Å². The Labute approximate surface area is 168 Å². The molecule has 2 N–H and O–H groups in total. The minimum Gasteiger partial charge on any atom is -0.355 e. The molecular formula is C21H34N6O. The van der Waals surface area contributed by atoms with Crippen LogP contribution in [0.15, 0.2) is 29.3 Å². The van der Waals surface area contributed by atoms with Gasteiger partial charge in [0.15, 0.2) is 5.96 Å². The van der Waals surface area contributed by atoms with Crippen molar-refractivity contribution >= 4 is 17.6 Å². The largest absolute Gasteiger partial charge is 0.355 e. The fourth-order valence-electron chi connectivity index (χ4n) is 3.76. The third-order valence-corrected chi connectivity index (χ3v) is 5.73. The van der Waals surface area contributed by atoms with Crippen LogP contribution in [0.1, 0.15) is 25.3 Å². The molecule has 28 heavy (non-hydrogen) atoms. The van der Waals surface area contributed by atoms with Crippen LogP contribution in [-0.4, -0.2) is 81.1 Å². The van der Waals surface area contributed by atoms with Crippen LogP contribution in [0, 0.1) is 0 Å². The molecule has 2 fully saturated rings. The molecule has 1 aromatic rings. The number of benzene rings is 1. The highest BCUT2D eigenvalue weighted by molar-refractivity contribution is 5.95. The Bertz CT molecular complexity index is 666. The van der Waals surface area contributed by atoms with E-state index in [0.717, 1.165) is 57.3 Å². The van der Waals surface area contributed by atoms with Gasteiger partial charge in [0, 0.05) is 71.0 Å². The molecule has 0 aliphatic carbocycles. The third-order valence-electron chi connectivity index (χ3n) is 5.73. The summed E-state index contributed by atoms with van der Waals surface area (Å²) in [5.74, 6) is 1.05. The van der Waals surface area contributed by atoms with Crippen LogP contribution in [-0.2, 0) is 11.3 Å². The number of aliphatic imine (C=N–C) groups is 1. The molecule has 0 radical (unpaired) electrons. The number of carbonyl (C=O) groups is 1. The van der Waals surface area contributed by atoms with Crippen LogP contribution in [0.3, 0.4) is 0 Å². The van der Waals surface area contributed by atoms with E-state index in [2.05, 4.69) is 51.5 Å². The zero-order chi connectivity index (χ0) is 19.9. The minimum absolute atomic E-state index is 0.227. The van der Waals surface area contributed by atoms with E-state index in [1.807, 2.05) is 17.0 Å². The van der Waals surface area contributed by atoms with Gasteiger partial charge in [0.25, 0.3) is 0 Å². The van der Waals surface area contributed by atoms with Crippen molar-refractivity contribution in [2.24, 2.45) is 4.99 Å². The maximum atomic E-state index is 11.9. The fraction of sp³-hybridized carbons (Fsp3) is 0.619. The van der Waals surface area contributed by atoms with E-state index in [-0.39, 0.29) is 5.91 Å². The quantitative estimate of drug-likeness (QED) is 0.567. The van der Waals surface area contributed by atoms with Crippen molar-refractivity contribution in [3.8, 4) is 0 Å². The monoisotopic (exact) mass is 386 g/mol. The number of carbonyl (C=O) groups excluding carboxylic acids is 1. The Morgan fingerprint density at radius 1 is 1.11 bits per heavy atom. The molecule has 1 unspecified atom stereocenters. The van der Waals surface area contributed by atoms with Gasteiger partial charge in [0.05, 0.1) is 0 Å². The summed E-state index contributed by atoms with van der Waals surface area (Å²) in [5, 5.41) is 6.82. The van der Waals surface area contributed by atoms with Crippen molar-refractivity contribution in [3.05, 3.63) is 29.8 Å². The van der Waals surface area contributed by atoms with E-state index in [0.29, 0.717) is 19.0 Å². The molecular weight excluding hydrogens is 352 g/mol. The molecule has 1 aromatic carbocycles. The SMILES string of the molecule is CN=C(NCc1ccc(N2CCCC2=O)cc1)NCC(C)N1CCN(C)CC1. The molecule has 7 nitrogen and oxygen atoms in total. The second-order valence-corrected chi connectivity index (χ2v) is 7.81. The van der Waals surface area contributed by atoms with Gasteiger partial charge in [0.1, 0.15) is 0 Å². The van der Waals surface area contributed by atoms with Crippen LogP contribution >= 0.6 is 0 Å². The number of amides is 1. The number of rotatable bonds is 6. The highest BCUT2D eigenvalue weighted by Gasteiger charge is 2.21. The van der Waals surface area contributed by atoms with E-state index < -0.39 is 0 Å². The topological polar surface area (TPSA) is 63.2 Å². The molecule has 2 aliphatic rings. The molecule has 154 valence electrons. The molecule has 2 saturated heterocycles. The predicted octanol–water partition coefficient (Wildman–Crippen LogP) is 1.11. The summed E-state index contributed by atoms with van der Waals surface area (Å²) in [6, 6.07) is 8.70. The number of piperazine rings is 1. The van der Waals surface area contributed by atoms with Crippen molar-refractivity contribution in [1.82, 2.24) is 20.4 Å². The number of likely N-dealkylation sites (N-methyl/N-ethyl adjacent to an activating group) is 1. The summed E-state index contributed by atoms with van der Waals surface area (Å²) < 4.78 is 0. The normalized spacial score (nSPS) is 20.5. The fourth-order valence-corrected chi connectivity index (χ4v) is 3.76. The molecule has 0 spiro atoms. The van der Waals surface area contributed by atoms with Crippen LogP contribution in [0.25, 0.3) is 0 Å². The van der Waals surface area contributed by atoms with E-state index >= 15 is 0 Å². The number of hydrogen-bond acceptors (Lipinski definition) is 4. The summed E-state index contributed by atoms with van der Waals surface area (Å²) in [5.41, 5.74) is 2.17. The molecule has 1 atom stereocenters. The average Bonchev–Trinajstić information content (AvgIpc) is 3.15. The lowest BCUT2D eigenvalue weighted by Crippen LogP contribution is -2.52. The second kappa shape index (κ2) is 9.89. The second-order valence-electron chi connectivity index (χ2n) is 7.81. The van der Waals surface area contributed by atoms with Crippen LogP contribution in [0.4, 0.5) is 5.69 Å². The van der Waals surface area contributed by atoms with Crippen LogP contribution in [0.2, 0.25) is 0 Å². The van der Waals surface area contributed by atoms with E-state index in [1.165, 1.54) is 5.56 Å². The van der Waals surface area contributed by atoms with Gasteiger partial charge in [-0.3, -0.25) is 14.7 Å². The summed E-state index contributed by atoms with van der Waals surface area (Å²) in [6.07, 6.45) is 1.62. The first-order valence-electron chi connectivity index (χ1n) is 10.3. The van der Waals surface area contributed by atoms with Gasteiger partial charge in [-0.25, -0.2) is 0 Å². The standard InChI is InChI=1S/C21H34N6O/c1-17(26-13-11-25(3)12-14-26)15-23-21(22-2)24-16-18-6-8-19(9-7-18)27-10-4-5-20(27)28/h6-9,17H,4-5,10-16H2,1-3H3,(H2,22,23,24). The van der Waals surface area contributed by atoms with Gasteiger partial charge in [0.2, 0.25) is 5.91 Å². The maximum Gasteiger partial charge on any atom is 0.227 e. The first-order chi connectivity index (χ1) is 13.6. The van der Waals surface area contributed by atoms with Crippen molar-refractivity contribution in [2.75, 3.05) is 58.3 Å². The van der Waals surface area contributed by atoms with Gasteiger partial charge >= 0.3 is 0 Å². The average molecular weight is 387 g/mol. The van der Waals surface area contributed by atoms with Gasteiger partial charge < -0.3 is 20.4 Å². The Morgan fingerprint density at radius 2 is 1.82 bits per heavy atom. The number of anilines is 1. The highest BCUT2D eigenvalue weighted by atomic mass is 16.2. The Morgan fingerprint density at radius 3 is 2.43 bits per heavy atom. The lowest BCUT2D eigenvalue weighted by atomic mass is 10.2. The Hall–Kier alpha value is -2.12. The summed E-state index contributed by atoms with van der Waals surface area (Å²) in [6.45, 7) is 9.19. The molecule has 7 heteroatoms. The molecule has 3 rings (SSSR count).